The molecule has 0 saturated carbocycles. The standard InChI is InChI=1S/C16H14F2N2O3S/c17-16(18)22-12-2-1-11(7-13(12)23-16)19-8-15(21)20-5-3-14-10(9-20)4-6-24-14/h1-2,4,6-7,19H,3,5,8-9H2. The molecule has 0 atom stereocenters. The van der Waals surface area contributed by atoms with E-state index in [0.717, 1.165) is 6.42 Å². The molecule has 0 spiro atoms. The van der Waals surface area contributed by atoms with E-state index in [1.807, 2.05) is 11.4 Å². The van der Waals surface area contributed by atoms with Crippen LogP contribution < -0.4 is 14.8 Å². The number of amides is 1. The minimum Gasteiger partial charge on any atom is -0.395 e. The molecular weight excluding hydrogens is 338 g/mol. The molecule has 1 aromatic heterocycles. The first-order valence-corrected chi connectivity index (χ1v) is 8.35. The minimum atomic E-state index is -3.64. The number of ether oxygens (including phenoxy) is 2. The van der Waals surface area contributed by atoms with Gasteiger partial charge < -0.3 is 19.7 Å². The smallest absolute Gasteiger partial charge is 0.395 e. The van der Waals surface area contributed by atoms with Crippen molar-refractivity contribution in [3.05, 3.63) is 40.1 Å². The third-order valence-corrected chi connectivity index (χ3v) is 5.03. The van der Waals surface area contributed by atoms with Crippen LogP contribution in [0.4, 0.5) is 14.5 Å². The van der Waals surface area contributed by atoms with Crippen molar-refractivity contribution in [3.63, 3.8) is 0 Å². The highest BCUT2D eigenvalue weighted by molar-refractivity contribution is 7.10. The average molecular weight is 352 g/mol. The summed E-state index contributed by atoms with van der Waals surface area (Å²) in [6, 6.07) is 6.41. The third-order valence-electron chi connectivity index (χ3n) is 4.01. The lowest BCUT2D eigenvalue weighted by molar-refractivity contribution is -0.286. The van der Waals surface area contributed by atoms with Crippen LogP contribution in [0.1, 0.15) is 10.4 Å². The van der Waals surface area contributed by atoms with Crippen molar-refractivity contribution in [2.24, 2.45) is 0 Å². The number of thiophene rings is 1. The predicted octanol–water partition coefficient (Wildman–Crippen LogP) is 3.07. The Morgan fingerprint density at radius 3 is 3.00 bits per heavy atom. The van der Waals surface area contributed by atoms with Gasteiger partial charge in [-0.25, -0.2) is 0 Å². The summed E-state index contributed by atoms with van der Waals surface area (Å²) >= 11 is 1.72. The van der Waals surface area contributed by atoms with Gasteiger partial charge in [-0.2, -0.15) is 0 Å². The lowest BCUT2D eigenvalue weighted by Crippen LogP contribution is -2.38. The first kappa shape index (κ1) is 15.2. The van der Waals surface area contributed by atoms with Crippen molar-refractivity contribution in [1.29, 1.82) is 0 Å². The summed E-state index contributed by atoms with van der Waals surface area (Å²) in [5.41, 5.74) is 1.72. The van der Waals surface area contributed by atoms with Gasteiger partial charge in [-0.1, -0.05) is 0 Å². The normalized spacial score (nSPS) is 17.5. The Morgan fingerprint density at radius 2 is 2.12 bits per heavy atom. The Bertz CT molecular complexity index is 793. The second-order valence-electron chi connectivity index (χ2n) is 5.62. The molecule has 0 bridgehead atoms. The fraction of sp³-hybridized carbons (Fsp3) is 0.312. The molecule has 0 unspecified atom stereocenters. The number of anilines is 1. The maximum atomic E-state index is 13.0. The Hall–Kier alpha value is -2.35. The molecule has 2 aromatic rings. The molecule has 1 N–H and O–H groups in total. The zero-order valence-corrected chi connectivity index (χ0v) is 13.4. The number of carbonyl (C=O) groups is 1. The molecule has 4 rings (SSSR count). The molecule has 8 heteroatoms. The summed E-state index contributed by atoms with van der Waals surface area (Å²) in [6.07, 6.45) is -2.76. The first-order chi connectivity index (χ1) is 11.5. The van der Waals surface area contributed by atoms with E-state index in [1.54, 1.807) is 22.3 Å². The van der Waals surface area contributed by atoms with Crippen molar-refractivity contribution >= 4 is 22.9 Å². The van der Waals surface area contributed by atoms with Crippen LogP contribution >= 0.6 is 11.3 Å². The molecule has 0 aliphatic carbocycles. The molecule has 1 aromatic carbocycles. The van der Waals surface area contributed by atoms with Gasteiger partial charge in [-0.15, -0.1) is 20.1 Å². The zero-order chi connectivity index (χ0) is 16.7. The molecule has 2 aliphatic rings. The highest BCUT2D eigenvalue weighted by Gasteiger charge is 2.43. The van der Waals surface area contributed by atoms with E-state index in [1.165, 1.54) is 22.6 Å². The summed E-state index contributed by atoms with van der Waals surface area (Å²) in [5, 5.41) is 4.99. The van der Waals surface area contributed by atoms with Gasteiger partial charge in [0.15, 0.2) is 11.5 Å². The fourth-order valence-corrected chi connectivity index (χ4v) is 3.70. The molecule has 2 aliphatic heterocycles. The van der Waals surface area contributed by atoms with E-state index < -0.39 is 6.29 Å². The van der Waals surface area contributed by atoms with Crippen molar-refractivity contribution in [2.45, 2.75) is 19.3 Å². The summed E-state index contributed by atoms with van der Waals surface area (Å²) in [4.78, 5) is 15.5. The second-order valence-corrected chi connectivity index (χ2v) is 6.62. The van der Waals surface area contributed by atoms with E-state index in [9.17, 15) is 13.6 Å². The first-order valence-electron chi connectivity index (χ1n) is 7.47. The number of hydrogen-bond acceptors (Lipinski definition) is 5. The zero-order valence-electron chi connectivity index (χ0n) is 12.6. The van der Waals surface area contributed by atoms with Gasteiger partial charge in [0, 0.05) is 29.7 Å². The quantitative estimate of drug-likeness (QED) is 0.922. The van der Waals surface area contributed by atoms with Gasteiger partial charge >= 0.3 is 6.29 Å². The molecule has 3 heterocycles. The van der Waals surface area contributed by atoms with Gasteiger partial charge in [-0.3, -0.25) is 4.79 Å². The highest BCUT2D eigenvalue weighted by atomic mass is 32.1. The lowest BCUT2D eigenvalue weighted by Gasteiger charge is -2.27. The summed E-state index contributed by atoms with van der Waals surface area (Å²) in [5.74, 6) is -0.0916. The van der Waals surface area contributed by atoms with E-state index in [-0.39, 0.29) is 24.0 Å². The average Bonchev–Trinajstić information content (AvgIpc) is 3.13. The van der Waals surface area contributed by atoms with E-state index in [2.05, 4.69) is 14.8 Å². The highest BCUT2D eigenvalue weighted by Crippen LogP contribution is 2.42. The Balaban J connectivity index is 1.37. The summed E-state index contributed by atoms with van der Waals surface area (Å²) in [7, 11) is 0. The number of hydrogen-bond donors (Lipinski definition) is 1. The van der Waals surface area contributed by atoms with Crippen molar-refractivity contribution < 1.29 is 23.0 Å². The number of nitrogens with one attached hydrogen (secondary N) is 1. The molecule has 1 amide bonds. The van der Waals surface area contributed by atoms with Crippen molar-refractivity contribution in [3.8, 4) is 11.5 Å². The number of benzene rings is 1. The van der Waals surface area contributed by atoms with Crippen LogP contribution in [0.5, 0.6) is 11.5 Å². The Labute approximate surface area is 140 Å². The Kier molecular flexibility index (Phi) is 3.56. The van der Waals surface area contributed by atoms with E-state index >= 15 is 0 Å². The number of fused-ring (bicyclic) bond motifs is 2. The van der Waals surface area contributed by atoms with Crippen LogP contribution in [0, 0.1) is 0 Å². The van der Waals surface area contributed by atoms with Gasteiger partial charge in [-0.05, 0) is 35.6 Å². The van der Waals surface area contributed by atoms with Crippen LogP contribution in [0.25, 0.3) is 0 Å². The van der Waals surface area contributed by atoms with Crippen LogP contribution in [0.15, 0.2) is 29.6 Å². The predicted molar refractivity (Wildman–Crippen MR) is 84.6 cm³/mol. The molecule has 0 saturated heterocycles. The lowest BCUT2D eigenvalue weighted by atomic mass is 10.1. The number of rotatable bonds is 3. The summed E-state index contributed by atoms with van der Waals surface area (Å²) < 4.78 is 34.7. The maximum Gasteiger partial charge on any atom is 0.586 e. The van der Waals surface area contributed by atoms with Crippen molar-refractivity contribution in [1.82, 2.24) is 4.90 Å². The maximum absolute atomic E-state index is 13.0. The third kappa shape index (κ3) is 2.89. The largest absolute Gasteiger partial charge is 0.586 e. The topological polar surface area (TPSA) is 50.8 Å². The second kappa shape index (κ2) is 5.62. The number of halogens is 2. The van der Waals surface area contributed by atoms with Crippen LogP contribution in [-0.4, -0.2) is 30.2 Å². The number of nitrogens with zero attached hydrogens (tertiary/aromatic N) is 1. The van der Waals surface area contributed by atoms with Crippen molar-refractivity contribution in [2.75, 3.05) is 18.4 Å². The van der Waals surface area contributed by atoms with Crippen LogP contribution in [0.2, 0.25) is 0 Å². The number of alkyl halides is 2. The number of carbonyl (C=O) groups excluding carboxylic acids is 1. The molecule has 0 radical (unpaired) electrons. The van der Waals surface area contributed by atoms with E-state index in [0.29, 0.717) is 18.8 Å². The van der Waals surface area contributed by atoms with Gasteiger partial charge in [0.05, 0.1) is 6.54 Å². The van der Waals surface area contributed by atoms with Crippen LogP contribution in [0.3, 0.4) is 0 Å². The SMILES string of the molecule is O=C(CNc1ccc2c(c1)OC(F)(F)O2)N1CCc2sccc2C1. The van der Waals surface area contributed by atoms with Gasteiger partial charge in [0.25, 0.3) is 0 Å². The molecular formula is C16H14F2N2O3S. The van der Waals surface area contributed by atoms with Crippen LogP contribution in [-0.2, 0) is 17.8 Å². The molecule has 24 heavy (non-hydrogen) atoms. The van der Waals surface area contributed by atoms with Gasteiger partial charge in [0.1, 0.15) is 0 Å². The summed E-state index contributed by atoms with van der Waals surface area (Å²) in [6.45, 7) is 1.41. The molecule has 0 fully saturated rings. The molecule has 5 nitrogen and oxygen atoms in total. The minimum absolute atomic E-state index is 0.0158. The van der Waals surface area contributed by atoms with Gasteiger partial charge in [0.2, 0.25) is 5.91 Å². The Morgan fingerprint density at radius 1 is 1.29 bits per heavy atom. The monoisotopic (exact) mass is 352 g/mol. The fourth-order valence-electron chi connectivity index (χ4n) is 2.81. The molecule has 126 valence electrons. The van der Waals surface area contributed by atoms with E-state index in [4.69, 9.17) is 0 Å².